The van der Waals surface area contributed by atoms with Crippen LogP contribution in [-0.2, 0) is 6.54 Å². The number of halogens is 4. The molecule has 0 spiro atoms. The number of aliphatic imine (C=N–C) groups is 1. The number of rotatable bonds is 6. The molecule has 0 saturated carbocycles. The predicted octanol–water partition coefficient (Wildman–Crippen LogP) is 4.64. The Labute approximate surface area is 192 Å². The maximum Gasteiger partial charge on any atom is 0.401 e. The predicted molar refractivity (Wildman–Crippen MR) is 124 cm³/mol. The van der Waals surface area contributed by atoms with Gasteiger partial charge in [0.1, 0.15) is 11.3 Å². The van der Waals surface area contributed by atoms with E-state index < -0.39 is 12.7 Å². The number of alkyl halides is 3. The molecule has 0 amide bonds. The number of aryl methyl sites for hydroxylation is 1. The van der Waals surface area contributed by atoms with Gasteiger partial charge in [0.2, 0.25) is 0 Å². The zero-order chi connectivity index (χ0) is 21.0. The minimum absolute atomic E-state index is 0. The van der Waals surface area contributed by atoms with Crippen LogP contribution in [0.25, 0.3) is 11.0 Å². The molecule has 0 bridgehead atoms. The van der Waals surface area contributed by atoms with Gasteiger partial charge >= 0.3 is 6.18 Å². The number of likely N-dealkylation sites (tertiary alicyclic amines) is 1. The molecule has 1 aliphatic rings. The number of benzene rings is 1. The zero-order valence-electron chi connectivity index (χ0n) is 17.6. The first-order valence-electron chi connectivity index (χ1n) is 10.0. The Morgan fingerprint density at radius 2 is 2.07 bits per heavy atom. The summed E-state index contributed by atoms with van der Waals surface area (Å²) in [7, 11) is 1.73. The second-order valence-corrected chi connectivity index (χ2v) is 7.59. The SMILES string of the molecule is CCN(CC1CCN(C(=NC)NCc2oc3ccccc3c2C)C1)CC(F)(F)F.I. The molecule has 0 aliphatic carbocycles. The molecule has 2 heterocycles. The van der Waals surface area contributed by atoms with Gasteiger partial charge in [0.15, 0.2) is 5.96 Å². The van der Waals surface area contributed by atoms with Crippen molar-refractivity contribution < 1.29 is 17.6 Å². The van der Waals surface area contributed by atoms with Gasteiger partial charge in [0, 0.05) is 37.6 Å². The van der Waals surface area contributed by atoms with Crippen molar-refractivity contribution in [3.63, 3.8) is 0 Å². The van der Waals surface area contributed by atoms with E-state index in [0.29, 0.717) is 26.2 Å². The van der Waals surface area contributed by atoms with Crippen molar-refractivity contribution in [2.75, 3.05) is 39.8 Å². The molecule has 1 atom stereocenters. The van der Waals surface area contributed by atoms with Crippen LogP contribution in [-0.4, -0.2) is 61.7 Å². The number of hydrogen-bond donors (Lipinski definition) is 1. The van der Waals surface area contributed by atoms with Crippen molar-refractivity contribution in [3.8, 4) is 0 Å². The summed E-state index contributed by atoms with van der Waals surface area (Å²) in [5, 5.41) is 4.45. The molecule has 1 aliphatic heterocycles. The third-order valence-corrected chi connectivity index (χ3v) is 5.51. The highest BCUT2D eigenvalue weighted by Gasteiger charge is 2.33. The molecule has 1 aromatic heterocycles. The Morgan fingerprint density at radius 3 is 2.70 bits per heavy atom. The van der Waals surface area contributed by atoms with Crippen LogP contribution in [0.3, 0.4) is 0 Å². The average Bonchev–Trinajstić information content (AvgIpc) is 3.26. The number of fused-ring (bicyclic) bond motifs is 1. The number of nitrogens with zero attached hydrogens (tertiary/aromatic N) is 3. The highest BCUT2D eigenvalue weighted by Crippen LogP contribution is 2.25. The Kier molecular flexibility index (Phi) is 8.84. The van der Waals surface area contributed by atoms with E-state index in [0.717, 1.165) is 41.2 Å². The third-order valence-electron chi connectivity index (χ3n) is 5.51. The summed E-state index contributed by atoms with van der Waals surface area (Å²) in [6, 6.07) is 7.93. The topological polar surface area (TPSA) is 44.0 Å². The van der Waals surface area contributed by atoms with Crippen molar-refractivity contribution in [2.24, 2.45) is 10.9 Å². The number of hydrogen-bond acceptors (Lipinski definition) is 3. The van der Waals surface area contributed by atoms with Crippen molar-refractivity contribution in [1.29, 1.82) is 0 Å². The van der Waals surface area contributed by atoms with E-state index in [1.54, 1.807) is 14.0 Å². The molecule has 30 heavy (non-hydrogen) atoms. The second kappa shape index (κ2) is 10.7. The van der Waals surface area contributed by atoms with E-state index in [4.69, 9.17) is 4.42 Å². The third kappa shape index (κ3) is 6.26. The lowest BCUT2D eigenvalue weighted by Crippen LogP contribution is -2.41. The molecule has 1 N–H and O–H groups in total. The summed E-state index contributed by atoms with van der Waals surface area (Å²) in [4.78, 5) is 7.95. The molecular weight excluding hydrogens is 508 g/mol. The van der Waals surface area contributed by atoms with E-state index in [-0.39, 0.29) is 29.9 Å². The van der Waals surface area contributed by atoms with Crippen molar-refractivity contribution in [3.05, 3.63) is 35.6 Å². The van der Waals surface area contributed by atoms with Crippen LogP contribution in [0.2, 0.25) is 0 Å². The van der Waals surface area contributed by atoms with E-state index >= 15 is 0 Å². The minimum atomic E-state index is -4.16. The van der Waals surface area contributed by atoms with Gasteiger partial charge in [-0.05, 0) is 31.9 Å². The quantitative estimate of drug-likeness (QED) is 0.331. The second-order valence-electron chi connectivity index (χ2n) is 7.59. The average molecular weight is 538 g/mol. The summed E-state index contributed by atoms with van der Waals surface area (Å²) < 4.78 is 44.1. The summed E-state index contributed by atoms with van der Waals surface area (Å²) >= 11 is 0. The highest BCUT2D eigenvalue weighted by atomic mass is 127. The lowest BCUT2D eigenvalue weighted by Gasteiger charge is -2.26. The molecule has 168 valence electrons. The normalized spacial score (nSPS) is 17.6. The Balaban J connectivity index is 0.00000320. The fourth-order valence-electron chi connectivity index (χ4n) is 3.98. The Hall–Kier alpha value is -1.49. The van der Waals surface area contributed by atoms with Crippen LogP contribution >= 0.6 is 24.0 Å². The van der Waals surface area contributed by atoms with Gasteiger partial charge in [-0.15, -0.1) is 24.0 Å². The maximum absolute atomic E-state index is 12.7. The molecule has 5 nitrogen and oxygen atoms in total. The number of guanidine groups is 1. The largest absolute Gasteiger partial charge is 0.459 e. The fraction of sp³-hybridized carbons (Fsp3) is 0.571. The van der Waals surface area contributed by atoms with Crippen molar-refractivity contribution in [2.45, 2.75) is 33.0 Å². The summed E-state index contributed by atoms with van der Waals surface area (Å²) in [5.41, 5.74) is 1.97. The van der Waals surface area contributed by atoms with Crippen LogP contribution in [0.1, 0.15) is 24.7 Å². The monoisotopic (exact) mass is 538 g/mol. The summed E-state index contributed by atoms with van der Waals surface area (Å²) in [5.74, 6) is 1.82. The molecule has 1 saturated heterocycles. The molecule has 1 unspecified atom stereocenters. The standard InChI is InChI=1S/C21H29F3N4O.HI/c1-4-27(14-21(22,23)24)12-16-9-10-28(13-16)20(25-3)26-11-19-15(2)17-7-5-6-8-18(17)29-19;/h5-8,16H,4,9-14H2,1-3H3,(H,25,26);1H. The van der Waals surface area contributed by atoms with Crippen molar-refractivity contribution in [1.82, 2.24) is 15.1 Å². The highest BCUT2D eigenvalue weighted by molar-refractivity contribution is 14.0. The molecule has 1 fully saturated rings. The van der Waals surface area contributed by atoms with Crippen molar-refractivity contribution >= 4 is 40.9 Å². The Morgan fingerprint density at radius 1 is 1.33 bits per heavy atom. The molecule has 1 aromatic carbocycles. The Bertz CT molecular complexity index is 852. The number of furan rings is 1. The van der Waals surface area contributed by atoms with E-state index in [9.17, 15) is 13.2 Å². The molecule has 2 aromatic rings. The molecule has 3 rings (SSSR count). The number of para-hydroxylation sites is 1. The van der Waals surface area contributed by atoms with E-state index in [1.807, 2.05) is 31.2 Å². The first kappa shape index (κ1) is 24.8. The zero-order valence-corrected chi connectivity index (χ0v) is 20.0. The number of nitrogens with one attached hydrogen (secondary N) is 1. The van der Waals surface area contributed by atoms with Crippen LogP contribution in [0.4, 0.5) is 13.2 Å². The van der Waals surface area contributed by atoms with Crippen LogP contribution < -0.4 is 5.32 Å². The van der Waals surface area contributed by atoms with Gasteiger partial charge in [-0.3, -0.25) is 9.89 Å². The van der Waals surface area contributed by atoms with Gasteiger partial charge in [-0.1, -0.05) is 25.1 Å². The first-order chi connectivity index (χ1) is 13.8. The van der Waals surface area contributed by atoms with Gasteiger partial charge < -0.3 is 14.6 Å². The fourth-order valence-corrected chi connectivity index (χ4v) is 3.98. The van der Waals surface area contributed by atoms with Gasteiger partial charge in [0.25, 0.3) is 0 Å². The van der Waals surface area contributed by atoms with Crippen LogP contribution in [0.5, 0.6) is 0 Å². The van der Waals surface area contributed by atoms with Crippen LogP contribution in [0, 0.1) is 12.8 Å². The van der Waals surface area contributed by atoms with E-state index in [1.165, 1.54) is 4.90 Å². The summed E-state index contributed by atoms with van der Waals surface area (Å²) in [6.45, 7) is 5.81. The van der Waals surface area contributed by atoms with Crippen LogP contribution in [0.15, 0.2) is 33.7 Å². The molecular formula is C21H30F3IN4O. The minimum Gasteiger partial charge on any atom is -0.459 e. The maximum atomic E-state index is 12.7. The lowest BCUT2D eigenvalue weighted by atomic mass is 10.1. The first-order valence-corrected chi connectivity index (χ1v) is 10.0. The molecule has 9 heteroatoms. The van der Waals surface area contributed by atoms with Gasteiger partial charge in [-0.2, -0.15) is 13.2 Å². The van der Waals surface area contributed by atoms with Gasteiger partial charge in [-0.25, -0.2) is 0 Å². The molecule has 0 radical (unpaired) electrons. The van der Waals surface area contributed by atoms with Gasteiger partial charge in [0.05, 0.1) is 13.1 Å². The van der Waals surface area contributed by atoms with E-state index in [2.05, 4.69) is 15.2 Å². The summed E-state index contributed by atoms with van der Waals surface area (Å²) in [6.07, 6.45) is -3.30. The smallest absolute Gasteiger partial charge is 0.401 e. The lowest BCUT2D eigenvalue weighted by molar-refractivity contribution is -0.146.